The molecule has 9 heteroatoms. The summed E-state index contributed by atoms with van der Waals surface area (Å²) in [5, 5.41) is 5.26. The minimum absolute atomic E-state index is 0.364. The highest BCUT2D eigenvalue weighted by Crippen LogP contribution is 2.27. The summed E-state index contributed by atoms with van der Waals surface area (Å²) < 4.78 is 15.0. The van der Waals surface area contributed by atoms with Crippen LogP contribution < -0.4 is 20.1 Å². The largest absolute Gasteiger partial charge is 0.496 e. The number of nitrogens with zero attached hydrogens (tertiary/aromatic N) is 1. The fourth-order valence-electron chi connectivity index (χ4n) is 2.30. The third-order valence-electron chi connectivity index (χ3n) is 3.76. The Labute approximate surface area is 189 Å². The first-order chi connectivity index (χ1) is 13.9. The lowest BCUT2D eigenvalue weighted by atomic mass is 10.2. The molecule has 0 aliphatic heterocycles. The molecule has 0 bridgehead atoms. The van der Waals surface area contributed by atoms with Crippen molar-refractivity contribution in [2.24, 2.45) is 0 Å². The van der Waals surface area contributed by atoms with Crippen molar-refractivity contribution in [3.63, 3.8) is 0 Å². The fourth-order valence-corrected chi connectivity index (χ4v) is 2.65. The Morgan fingerprint density at radius 1 is 1.10 bits per heavy atom. The number of amides is 2. The molecule has 2 N–H and O–H groups in total. The van der Waals surface area contributed by atoms with Gasteiger partial charge in [0.25, 0.3) is 5.91 Å². The number of alkyl halides is 1. The van der Waals surface area contributed by atoms with Gasteiger partial charge in [-0.1, -0.05) is 6.07 Å². The average Bonchev–Trinajstić information content (AvgIpc) is 2.62. The monoisotopic (exact) mass is 527 g/mol. The summed E-state index contributed by atoms with van der Waals surface area (Å²) in [6, 6.07) is 8.77. The Morgan fingerprint density at radius 2 is 1.80 bits per heavy atom. The van der Waals surface area contributed by atoms with Crippen molar-refractivity contribution in [2.75, 3.05) is 12.4 Å². The highest BCUT2D eigenvalue weighted by Gasteiger charge is 2.33. The Bertz CT molecular complexity index is 908. The Kier molecular flexibility index (Phi) is 7.51. The van der Waals surface area contributed by atoms with Gasteiger partial charge in [-0.05, 0) is 74.9 Å². The number of benzene rings is 1. The molecule has 0 fully saturated rings. The van der Waals surface area contributed by atoms with Crippen LogP contribution in [0.1, 0.15) is 33.3 Å². The predicted octanol–water partition coefficient (Wildman–Crippen LogP) is 4.81. The summed E-state index contributed by atoms with van der Waals surface area (Å²) in [5.41, 5.74) is 0.800. The van der Waals surface area contributed by atoms with Crippen LogP contribution in [-0.4, -0.2) is 33.2 Å². The predicted molar refractivity (Wildman–Crippen MR) is 122 cm³/mol. The standard InChI is InChI=1S/C21H26IN3O5/c1-13-7-9-15(11-16(13)28-6)29-17-10-8-14(12-23-17)24-18(26)21(5,22)25-19(27)30-20(2,3)4/h7-12H,1-6H3,(H,24,26)(H,25,27)/t21-/m0/s1. The molecule has 0 radical (unpaired) electrons. The second-order valence-electron chi connectivity index (χ2n) is 7.70. The van der Waals surface area contributed by atoms with E-state index >= 15 is 0 Å². The van der Waals surface area contributed by atoms with E-state index in [4.69, 9.17) is 14.2 Å². The van der Waals surface area contributed by atoms with Gasteiger partial charge in [-0.3, -0.25) is 10.1 Å². The fraction of sp³-hybridized carbons (Fsp3) is 0.381. The topological polar surface area (TPSA) is 98.8 Å². The first-order valence-electron chi connectivity index (χ1n) is 9.20. The van der Waals surface area contributed by atoms with Gasteiger partial charge in [0.05, 0.1) is 19.0 Å². The molecule has 30 heavy (non-hydrogen) atoms. The maximum absolute atomic E-state index is 12.6. The molecule has 2 aromatic rings. The minimum atomic E-state index is -1.21. The zero-order valence-electron chi connectivity index (χ0n) is 17.8. The molecular weight excluding hydrogens is 501 g/mol. The number of carbonyl (C=O) groups excluding carboxylic acids is 2. The van der Waals surface area contributed by atoms with Crippen molar-refractivity contribution in [1.82, 2.24) is 10.3 Å². The quantitative estimate of drug-likeness (QED) is 0.318. The number of anilines is 1. The number of carbonyl (C=O) groups is 2. The van der Waals surface area contributed by atoms with Crippen molar-refractivity contribution in [2.45, 2.75) is 43.8 Å². The van der Waals surface area contributed by atoms with E-state index in [1.54, 1.807) is 53.0 Å². The number of methoxy groups -OCH3 is 1. The van der Waals surface area contributed by atoms with Crippen LogP contribution in [0.4, 0.5) is 10.5 Å². The summed E-state index contributed by atoms with van der Waals surface area (Å²) in [6.07, 6.45) is 0.795. The maximum Gasteiger partial charge on any atom is 0.409 e. The Hall–Kier alpha value is -2.56. The number of ether oxygens (including phenoxy) is 3. The molecule has 162 valence electrons. The van der Waals surface area contributed by atoms with Crippen LogP contribution in [0, 0.1) is 6.92 Å². The normalized spacial score (nSPS) is 13.0. The number of rotatable bonds is 6. The number of hydrogen-bond donors (Lipinski definition) is 2. The first-order valence-corrected chi connectivity index (χ1v) is 10.3. The van der Waals surface area contributed by atoms with E-state index in [-0.39, 0.29) is 0 Å². The average molecular weight is 527 g/mol. The summed E-state index contributed by atoms with van der Waals surface area (Å²) in [7, 11) is 1.60. The number of aryl methyl sites for hydroxylation is 1. The van der Waals surface area contributed by atoms with Crippen LogP contribution in [0.15, 0.2) is 36.5 Å². The van der Waals surface area contributed by atoms with E-state index in [2.05, 4.69) is 15.6 Å². The molecule has 0 saturated carbocycles. The van der Waals surface area contributed by atoms with Crippen LogP contribution >= 0.6 is 22.6 Å². The third kappa shape index (κ3) is 7.05. The molecule has 0 aliphatic rings. The zero-order chi connectivity index (χ0) is 22.5. The summed E-state index contributed by atoms with van der Waals surface area (Å²) >= 11 is 1.85. The van der Waals surface area contributed by atoms with Crippen molar-refractivity contribution in [3.05, 3.63) is 42.1 Å². The van der Waals surface area contributed by atoms with Crippen LogP contribution in [0.25, 0.3) is 0 Å². The van der Waals surface area contributed by atoms with Gasteiger partial charge in [0.2, 0.25) is 5.88 Å². The van der Waals surface area contributed by atoms with E-state index in [1.807, 2.05) is 41.6 Å². The van der Waals surface area contributed by atoms with E-state index < -0.39 is 21.1 Å². The number of nitrogens with one attached hydrogen (secondary N) is 2. The lowest BCUT2D eigenvalue weighted by Gasteiger charge is -2.26. The molecule has 1 heterocycles. The van der Waals surface area contributed by atoms with Crippen molar-refractivity contribution in [3.8, 4) is 17.4 Å². The van der Waals surface area contributed by atoms with Crippen LogP contribution in [0.3, 0.4) is 0 Å². The summed E-state index contributed by atoms with van der Waals surface area (Å²) in [4.78, 5) is 28.7. The van der Waals surface area contributed by atoms with Crippen LogP contribution in [0.5, 0.6) is 17.4 Å². The molecule has 0 unspecified atom stereocenters. The van der Waals surface area contributed by atoms with Gasteiger partial charge in [0, 0.05) is 12.1 Å². The number of aromatic nitrogens is 1. The first kappa shape index (κ1) is 23.7. The summed E-state index contributed by atoms with van der Waals surface area (Å²) in [5.74, 6) is 1.24. The Balaban J connectivity index is 1.99. The van der Waals surface area contributed by atoms with Gasteiger partial charge in [0.1, 0.15) is 17.1 Å². The molecule has 0 spiro atoms. The summed E-state index contributed by atoms with van der Waals surface area (Å²) in [6.45, 7) is 8.76. The van der Waals surface area contributed by atoms with E-state index in [1.165, 1.54) is 6.20 Å². The molecule has 2 amide bonds. The smallest absolute Gasteiger partial charge is 0.409 e. The lowest BCUT2D eigenvalue weighted by Crippen LogP contribution is -2.51. The SMILES string of the molecule is COc1cc(Oc2ccc(NC(=O)[C@@](C)(I)NC(=O)OC(C)(C)C)cn2)ccc1C. The molecular formula is C21H26IN3O5. The maximum atomic E-state index is 12.6. The van der Waals surface area contributed by atoms with Gasteiger partial charge in [-0.2, -0.15) is 0 Å². The molecule has 1 aromatic heterocycles. The van der Waals surface area contributed by atoms with E-state index in [9.17, 15) is 9.59 Å². The molecule has 0 aliphatic carbocycles. The van der Waals surface area contributed by atoms with Gasteiger partial charge in [-0.15, -0.1) is 0 Å². The molecule has 1 atom stereocenters. The number of pyridine rings is 1. The highest BCUT2D eigenvalue weighted by atomic mass is 127. The van der Waals surface area contributed by atoms with Crippen LogP contribution in [0.2, 0.25) is 0 Å². The van der Waals surface area contributed by atoms with Gasteiger partial charge >= 0.3 is 6.09 Å². The minimum Gasteiger partial charge on any atom is -0.496 e. The molecule has 1 aromatic carbocycles. The lowest BCUT2D eigenvalue weighted by molar-refractivity contribution is -0.118. The zero-order valence-corrected chi connectivity index (χ0v) is 20.0. The van der Waals surface area contributed by atoms with Crippen molar-refractivity contribution in [1.29, 1.82) is 0 Å². The molecule has 2 rings (SSSR count). The van der Waals surface area contributed by atoms with Gasteiger partial charge in [0.15, 0.2) is 3.55 Å². The second-order valence-corrected chi connectivity index (χ2v) is 9.86. The number of alkyl carbamates (subject to hydrolysis) is 1. The number of hydrogen-bond acceptors (Lipinski definition) is 6. The molecule has 0 saturated heterocycles. The van der Waals surface area contributed by atoms with E-state index in [0.29, 0.717) is 17.3 Å². The highest BCUT2D eigenvalue weighted by molar-refractivity contribution is 14.1. The van der Waals surface area contributed by atoms with Crippen LogP contribution in [-0.2, 0) is 9.53 Å². The van der Waals surface area contributed by atoms with Gasteiger partial charge in [-0.25, -0.2) is 9.78 Å². The number of halogens is 1. The van der Waals surface area contributed by atoms with Crippen molar-refractivity contribution >= 4 is 40.3 Å². The Morgan fingerprint density at radius 3 is 2.37 bits per heavy atom. The van der Waals surface area contributed by atoms with Gasteiger partial charge < -0.3 is 19.5 Å². The second kappa shape index (κ2) is 9.50. The van der Waals surface area contributed by atoms with Crippen molar-refractivity contribution < 1.29 is 23.8 Å². The van der Waals surface area contributed by atoms with E-state index in [0.717, 1.165) is 11.3 Å². The third-order valence-corrected chi connectivity index (χ3v) is 4.52. The molecule has 8 nitrogen and oxygen atoms in total.